The van der Waals surface area contributed by atoms with Crippen molar-refractivity contribution >= 4 is 11.8 Å². The third-order valence-corrected chi connectivity index (χ3v) is 4.23. The molecule has 0 aromatic heterocycles. The van der Waals surface area contributed by atoms with Gasteiger partial charge in [0.15, 0.2) is 0 Å². The summed E-state index contributed by atoms with van der Waals surface area (Å²) in [4.78, 5) is 0. The zero-order valence-corrected chi connectivity index (χ0v) is 9.82. The first-order valence-electron chi connectivity index (χ1n) is 5.01. The van der Waals surface area contributed by atoms with E-state index >= 15 is 0 Å². The highest BCUT2D eigenvalue weighted by Gasteiger charge is 2.29. The monoisotopic (exact) mass is 203 g/mol. The predicted octanol–water partition coefficient (Wildman–Crippen LogP) is 1.63. The second-order valence-electron chi connectivity index (χ2n) is 4.51. The van der Waals surface area contributed by atoms with Gasteiger partial charge in [0, 0.05) is 17.3 Å². The molecule has 0 saturated carbocycles. The van der Waals surface area contributed by atoms with Gasteiger partial charge in [-0.25, -0.2) is 0 Å². The van der Waals surface area contributed by atoms with Crippen molar-refractivity contribution in [1.82, 2.24) is 5.32 Å². The van der Waals surface area contributed by atoms with Crippen LogP contribution >= 0.6 is 11.8 Å². The second-order valence-corrected chi connectivity index (χ2v) is 6.00. The van der Waals surface area contributed by atoms with Crippen LogP contribution in [-0.2, 0) is 0 Å². The fourth-order valence-corrected chi connectivity index (χ4v) is 2.68. The van der Waals surface area contributed by atoms with Crippen molar-refractivity contribution in [1.29, 1.82) is 0 Å². The molecule has 1 aliphatic heterocycles. The first-order valence-corrected chi connectivity index (χ1v) is 6.06. The lowest BCUT2D eigenvalue weighted by molar-refractivity contribution is 0.0400. The smallest absolute Gasteiger partial charge is 0.0741 e. The summed E-state index contributed by atoms with van der Waals surface area (Å²) in [5, 5.41) is 13.9. The molecule has 13 heavy (non-hydrogen) atoms. The lowest BCUT2D eigenvalue weighted by atomic mass is 9.99. The summed E-state index contributed by atoms with van der Waals surface area (Å²) in [6, 6.07) is 0.741. The molecule has 0 spiro atoms. The standard InChI is InChI=1S/C10H21NOS/c1-7-9(5-6-13-7)11-8(2)10(3,4)12/h7-9,11-12H,5-6H2,1-4H3. The maximum atomic E-state index is 9.76. The summed E-state index contributed by atoms with van der Waals surface area (Å²) < 4.78 is 0. The van der Waals surface area contributed by atoms with Crippen molar-refractivity contribution in [3.63, 3.8) is 0 Å². The number of aliphatic hydroxyl groups is 1. The molecule has 2 nitrogen and oxygen atoms in total. The zero-order chi connectivity index (χ0) is 10.1. The first-order chi connectivity index (χ1) is 5.91. The van der Waals surface area contributed by atoms with Crippen molar-refractivity contribution < 1.29 is 5.11 Å². The molecule has 1 aliphatic rings. The molecule has 0 radical (unpaired) electrons. The summed E-state index contributed by atoms with van der Waals surface area (Å²) in [6.45, 7) is 8.02. The van der Waals surface area contributed by atoms with E-state index in [0.29, 0.717) is 11.3 Å². The summed E-state index contributed by atoms with van der Waals surface area (Å²) >= 11 is 2.01. The molecule has 0 bridgehead atoms. The molecule has 2 N–H and O–H groups in total. The summed E-state index contributed by atoms with van der Waals surface area (Å²) in [7, 11) is 0. The normalized spacial score (nSPS) is 32.1. The lowest BCUT2D eigenvalue weighted by Gasteiger charge is -2.30. The molecule has 0 amide bonds. The lowest BCUT2D eigenvalue weighted by Crippen LogP contribution is -2.50. The van der Waals surface area contributed by atoms with Crippen LogP contribution in [0.1, 0.15) is 34.1 Å². The van der Waals surface area contributed by atoms with E-state index < -0.39 is 5.60 Å². The summed E-state index contributed by atoms with van der Waals surface area (Å²) in [5.74, 6) is 1.25. The fraction of sp³-hybridized carbons (Fsp3) is 1.00. The Morgan fingerprint density at radius 1 is 1.54 bits per heavy atom. The van der Waals surface area contributed by atoms with Gasteiger partial charge < -0.3 is 10.4 Å². The maximum Gasteiger partial charge on any atom is 0.0741 e. The van der Waals surface area contributed by atoms with E-state index in [-0.39, 0.29) is 6.04 Å². The number of thioether (sulfide) groups is 1. The van der Waals surface area contributed by atoms with Crippen molar-refractivity contribution in [2.45, 2.75) is 57.1 Å². The van der Waals surface area contributed by atoms with Gasteiger partial charge in [0.05, 0.1) is 5.60 Å². The molecule has 3 heteroatoms. The molecule has 3 atom stereocenters. The minimum Gasteiger partial charge on any atom is -0.389 e. The van der Waals surface area contributed by atoms with Gasteiger partial charge in [-0.2, -0.15) is 11.8 Å². The van der Waals surface area contributed by atoms with E-state index in [1.165, 1.54) is 12.2 Å². The van der Waals surface area contributed by atoms with Gasteiger partial charge in [0.2, 0.25) is 0 Å². The van der Waals surface area contributed by atoms with Crippen LogP contribution in [0.25, 0.3) is 0 Å². The van der Waals surface area contributed by atoms with E-state index in [1.807, 2.05) is 25.6 Å². The quantitative estimate of drug-likeness (QED) is 0.731. The maximum absolute atomic E-state index is 9.76. The van der Waals surface area contributed by atoms with Crippen LogP contribution < -0.4 is 5.32 Å². The summed E-state index contributed by atoms with van der Waals surface area (Å²) in [5.41, 5.74) is -0.618. The molecule has 1 saturated heterocycles. The van der Waals surface area contributed by atoms with Gasteiger partial charge in [-0.15, -0.1) is 0 Å². The Kier molecular flexibility index (Phi) is 3.66. The van der Waals surface area contributed by atoms with Gasteiger partial charge in [0.1, 0.15) is 0 Å². The Labute approximate surface area is 85.5 Å². The Morgan fingerprint density at radius 2 is 2.15 bits per heavy atom. The predicted molar refractivity (Wildman–Crippen MR) is 59.2 cm³/mol. The van der Waals surface area contributed by atoms with Crippen LogP contribution in [-0.4, -0.2) is 33.8 Å². The number of rotatable bonds is 3. The van der Waals surface area contributed by atoms with Gasteiger partial charge in [-0.3, -0.25) is 0 Å². The van der Waals surface area contributed by atoms with E-state index in [0.717, 1.165) is 0 Å². The molecule has 0 aromatic carbocycles. The fourth-order valence-electron chi connectivity index (χ4n) is 1.48. The van der Waals surface area contributed by atoms with Gasteiger partial charge in [-0.1, -0.05) is 6.92 Å². The minimum atomic E-state index is -0.618. The van der Waals surface area contributed by atoms with Crippen LogP contribution in [0, 0.1) is 0 Å². The molecule has 0 aliphatic carbocycles. The molecular weight excluding hydrogens is 182 g/mol. The van der Waals surface area contributed by atoms with Crippen molar-refractivity contribution in [3.05, 3.63) is 0 Å². The molecule has 0 aromatic rings. The number of nitrogens with one attached hydrogen (secondary N) is 1. The van der Waals surface area contributed by atoms with E-state index in [2.05, 4.69) is 19.2 Å². The molecule has 1 rings (SSSR count). The van der Waals surface area contributed by atoms with E-state index in [4.69, 9.17) is 0 Å². The Morgan fingerprint density at radius 3 is 2.54 bits per heavy atom. The first kappa shape index (κ1) is 11.3. The van der Waals surface area contributed by atoms with Gasteiger partial charge in [-0.05, 0) is 32.9 Å². The van der Waals surface area contributed by atoms with Crippen LogP contribution in [0.5, 0.6) is 0 Å². The summed E-state index contributed by atoms with van der Waals surface area (Å²) in [6.07, 6.45) is 1.23. The largest absolute Gasteiger partial charge is 0.389 e. The van der Waals surface area contributed by atoms with E-state index in [9.17, 15) is 5.11 Å². The van der Waals surface area contributed by atoms with Gasteiger partial charge in [0.25, 0.3) is 0 Å². The van der Waals surface area contributed by atoms with Crippen LogP contribution in [0.3, 0.4) is 0 Å². The SMILES string of the molecule is CC1SCCC1NC(C)C(C)(C)O. The van der Waals surface area contributed by atoms with Crippen LogP contribution in [0.15, 0.2) is 0 Å². The topological polar surface area (TPSA) is 32.3 Å². The second kappa shape index (κ2) is 4.20. The van der Waals surface area contributed by atoms with Gasteiger partial charge >= 0.3 is 0 Å². The highest BCUT2D eigenvalue weighted by molar-refractivity contribution is 8.00. The van der Waals surface area contributed by atoms with Crippen molar-refractivity contribution in [2.24, 2.45) is 0 Å². The van der Waals surface area contributed by atoms with Crippen LogP contribution in [0.2, 0.25) is 0 Å². The Bertz CT molecular complexity index is 167. The average molecular weight is 203 g/mol. The molecule has 1 heterocycles. The minimum absolute atomic E-state index is 0.165. The molecule has 1 fully saturated rings. The molecular formula is C10H21NOS. The third-order valence-electron chi connectivity index (χ3n) is 2.90. The third kappa shape index (κ3) is 3.15. The highest BCUT2D eigenvalue weighted by Crippen LogP contribution is 2.27. The Hall–Kier alpha value is 0.270. The number of hydrogen-bond acceptors (Lipinski definition) is 3. The van der Waals surface area contributed by atoms with Crippen molar-refractivity contribution in [3.8, 4) is 0 Å². The molecule has 3 unspecified atom stereocenters. The van der Waals surface area contributed by atoms with Crippen molar-refractivity contribution in [2.75, 3.05) is 5.75 Å². The highest BCUT2D eigenvalue weighted by atomic mass is 32.2. The van der Waals surface area contributed by atoms with E-state index in [1.54, 1.807) is 0 Å². The zero-order valence-electron chi connectivity index (χ0n) is 9.00. The Balaban J connectivity index is 2.40. The molecule has 78 valence electrons. The number of hydrogen-bond donors (Lipinski definition) is 2. The van der Waals surface area contributed by atoms with Crippen LogP contribution in [0.4, 0.5) is 0 Å². The average Bonchev–Trinajstić information content (AvgIpc) is 2.34.